The first-order valence-electron chi connectivity index (χ1n) is 6.73. The zero-order chi connectivity index (χ0) is 14.0. The predicted octanol–water partition coefficient (Wildman–Crippen LogP) is 1.85. The first kappa shape index (κ1) is 15.9. The van der Waals surface area contributed by atoms with E-state index in [-0.39, 0.29) is 11.5 Å². The van der Waals surface area contributed by atoms with E-state index in [1.54, 1.807) is 4.31 Å². The molecule has 1 fully saturated rings. The van der Waals surface area contributed by atoms with Crippen molar-refractivity contribution >= 4 is 10.0 Å². The van der Waals surface area contributed by atoms with E-state index in [1.165, 1.54) is 6.26 Å². The Kier molecular flexibility index (Phi) is 5.21. The number of rotatable bonds is 5. The smallest absolute Gasteiger partial charge is 0.211 e. The van der Waals surface area contributed by atoms with Crippen LogP contribution in [-0.2, 0) is 10.0 Å². The van der Waals surface area contributed by atoms with Gasteiger partial charge in [0, 0.05) is 13.1 Å². The summed E-state index contributed by atoms with van der Waals surface area (Å²) in [5.41, 5.74) is 0.0688. The molecule has 0 amide bonds. The molecule has 0 radical (unpaired) electrons. The van der Waals surface area contributed by atoms with Crippen LogP contribution in [0.3, 0.4) is 0 Å². The molecule has 1 heterocycles. The summed E-state index contributed by atoms with van der Waals surface area (Å²) in [7, 11) is -3.05. The van der Waals surface area contributed by atoms with Gasteiger partial charge < -0.3 is 5.11 Å². The quantitative estimate of drug-likeness (QED) is 0.834. The van der Waals surface area contributed by atoms with Gasteiger partial charge in [0.15, 0.2) is 0 Å². The first-order chi connectivity index (χ1) is 8.10. The van der Waals surface area contributed by atoms with Crippen LogP contribution in [0.25, 0.3) is 0 Å². The van der Waals surface area contributed by atoms with Crippen molar-refractivity contribution < 1.29 is 13.5 Å². The van der Waals surface area contributed by atoms with Crippen LogP contribution in [0, 0.1) is 11.3 Å². The lowest BCUT2D eigenvalue weighted by atomic mass is 9.77. The molecule has 0 aromatic rings. The molecule has 1 aliphatic rings. The molecular weight excluding hydrogens is 250 g/mol. The number of sulfonamides is 1. The summed E-state index contributed by atoms with van der Waals surface area (Å²) in [4.78, 5) is 0. The monoisotopic (exact) mass is 277 g/mol. The Morgan fingerprint density at radius 2 is 2.06 bits per heavy atom. The van der Waals surface area contributed by atoms with Gasteiger partial charge >= 0.3 is 0 Å². The zero-order valence-corrected chi connectivity index (χ0v) is 12.8. The highest BCUT2D eigenvalue weighted by Gasteiger charge is 2.30. The van der Waals surface area contributed by atoms with Crippen molar-refractivity contribution in [3.63, 3.8) is 0 Å². The van der Waals surface area contributed by atoms with Gasteiger partial charge in [-0.1, -0.05) is 13.8 Å². The molecule has 5 heteroatoms. The van der Waals surface area contributed by atoms with Gasteiger partial charge in [0.2, 0.25) is 10.0 Å². The third kappa shape index (κ3) is 5.24. The molecule has 108 valence electrons. The van der Waals surface area contributed by atoms with Crippen LogP contribution in [0.2, 0.25) is 0 Å². The van der Waals surface area contributed by atoms with Crippen LogP contribution in [0.1, 0.15) is 46.5 Å². The van der Waals surface area contributed by atoms with Crippen LogP contribution in [-0.4, -0.2) is 43.3 Å². The highest BCUT2D eigenvalue weighted by Crippen LogP contribution is 2.34. The van der Waals surface area contributed by atoms with Crippen LogP contribution >= 0.6 is 0 Å². The maximum absolute atomic E-state index is 11.6. The first-order valence-corrected chi connectivity index (χ1v) is 8.58. The second-order valence-corrected chi connectivity index (χ2v) is 8.53. The summed E-state index contributed by atoms with van der Waals surface area (Å²) in [6, 6.07) is 0. The minimum Gasteiger partial charge on any atom is -0.393 e. The van der Waals surface area contributed by atoms with Crippen molar-refractivity contribution in [1.29, 1.82) is 0 Å². The van der Waals surface area contributed by atoms with E-state index in [9.17, 15) is 13.5 Å². The molecule has 1 aliphatic heterocycles. The van der Waals surface area contributed by atoms with Gasteiger partial charge in [-0.05, 0) is 43.9 Å². The molecule has 0 aromatic carbocycles. The molecule has 2 unspecified atom stereocenters. The summed E-state index contributed by atoms with van der Waals surface area (Å²) in [5, 5.41) is 9.49. The normalized spacial score (nSPS) is 25.1. The predicted molar refractivity (Wildman–Crippen MR) is 73.8 cm³/mol. The fraction of sp³-hybridized carbons (Fsp3) is 1.00. The van der Waals surface area contributed by atoms with Gasteiger partial charge in [0.1, 0.15) is 0 Å². The fourth-order valence-electron chi connectivity index (χ4n) is 3.16. The Morgan fingerprint density at radius 1 is 1.44 bits per heavy atom. The molecule has 4 nitrogen and oxygen atoms in total. The average molecular weight is 277 g/mol. The maximum atomic E-state index is 11.6. The number of nitrogens with zero attached hydrogens (tertiary/aromatic N) is 1. The van der Waals surface area contributed by atoms with E-state index in [2.05, 4.69) is 13.8 Å². The molecule has 0 spiro atoms. The second kappa shape index (κ2) is 5.88. The van der Waals surface area contributed by atoms with Gasteiger partial charge in [0.25, 0.3) is 0 Å². The lowest BCUT2D eigenvalue weighted by molar-refractivity contribution is 0.102. The third-order valence-electron chi connectivity index (χ3n) is 3.64. The third-order valence-corrected chi connectivity index (χ3v) is 4.91. The standard InChI is InChI=1S/C13H27NO3S/c1-11(15)8-13(2,3)9-12-6-5-7-14(10-12)18(4,16)17/h11-12,15H,5-10H2,1-4H3. The van der Waals surface area contributed by atoms with Crippen molar-refractivity contribution in [2.24, 2.45) is 11.3 Å². The lowest BCUT2D eigenvalue weighted by Gasteiger charge is -2.36. The Labute approximate surface area is 111 Å². The van der Waals surface area contributed by atoms with Gasteiger partial charge in [0.05, 0.1) is 12.4 Å². The van der Waals surface area contributed by atoms with Gasteiger partial charge in [-0.2, -0.15) is 0 Å². The van der Waals surface area contributed by atoms with Crippen molar-refractivity contribution in [1.82, 2.24) is 4.31 Å². The Hall–Kier alpha value is -0.130. The van der Waals surface area contributed by atoms with Crippen molar-refractivity contribution in [2.45, 2.75) is 52.6 Å². The number of hydrogen-bond donors (Lipinski definition) is 1. The zero-order valence-electron chi connectivity index (χ0n) is 12.0. The summed E-state index contributed by atoms with van der Waals surface area (Å²) in [6.45, 7) is 7.41. The summed E-state index contributed by atoms with van der Waals surface area (Å²) in [6.07, 6.45) is 4.77. The van der Waals surface area contributed by atoms with E-state index in [4.69, 9.17) is 0 Å². The molecule has 0 saturated carbocycles. The topological polar surface area (TPSA) is 57.6 Å². The summed E-state index contributed by atoms with van der Waals surface area (Å²) >= 11 is 0. The molecule has 1 saturated heterocycles. The molecule has 1 rings (SSSR count). The van der Waals surface area contributed by atoms with Gasteiger partial charge in [-0.15, -0.1) is 0 Å². The Bertz CT molecular complexity index is 362. The van der Waals surface area contributed by atoms with Crippen molar-refractivity contribution in [3.05, 3.63) is 0 Å². The highest BCUT2D eigenvalue weighted by molar-refractivity contribution is 7.88. The Morgan fingerprint density at radius 3 is 2.56 bits per heavy atom. The minimum atomic E-state index is -3.05. The SMILES string of the molecule is CC(O)CC(C)(C)CC1CCCN(S(C)(=O)=O)C1. The van der Waals surface area contributed by atoms with Crippen molar-refractivity contribution in [2.75, 3.05) is 19.3 Å². The maximum Gasteiger partial charge on any atom is 0.211 e. The Balaban J connectivity index is 2.57. The second-order valence-electron chi connectivity index (χ2n) is 6.55. The molecule has 1 N–H and O–H groups in total. The fourth-order valence-corrected chi connectivity index (χ4v) is 4.10. The van der Waals surface area contributed by atoms with E-state index < -0.39 is 10.0 Å². The lowest BCUT2D eigenvalue weighted by Crippen LogP contribution is -2.40. The number of aliphatic hydroxyl groups excluding tert-OH is 1. The van der Waals surface area contributed by atoms with Crippen LogP contribution < -0.4 is 0 Å². The van der Waals surface area contributed by atoms with E-state index in [1.807, 2.05) is 6.92 Å². The number of aliphatic hydroxyl groups is 1. The molecule has 2 atom stereocenters. The summed E-state index contributed by atoms with van der Waals surface area (Å²) in [5.74, 6) is 0.419. The van der Waals surface area contributed by atoms with Crippen LogP contribution in [0.4, 0.5) is 0 Å². The van der Waals surface area contributed by atoms with E-state index in [0.717, 1.165) is 25.7 Å². The largest absolute Gasteiger partial charge is 0.393 e. The van der Waals surface area contributed by atoms with Gasteiger partial charge in [-0.3, -0.25) is 0 Å². The molecule has 18 heavy (non-hydrogen) atoms. The molecule has 0 bridgehead atoms. The van der Waals surface area contributed by atoms with Crippen LogP contribution in [0.5, 0.6) is 0 Å². The molecule has 0 aromatic heterocycles. The minimum absolute atomic E-state index is 0.0688. The van der Waals surface area contributed by atoms with Crippen LogP contribution in [0.15, 0.2) is 0 Å². The van der Waals surface area contributed by atoms with Gasteiger partial charge in [-0.25, -0.2) is 12.7 Å². The summed E-state index contributed by atoms with van der Waals surface area (Å²) < 4.78 is 24.7. The average Bonchev–Trinajstić information content (AvgIpc) is 2.13. The molecular formula is C13H27NO3S. The highest BCUT2D eigenvalue weighted by atomic mass is 32.2. The number of hydrogen-bond acceptors (Lipinski definition) is 3. The van der Waals surface area contributed by atoms with Crippen molar-refractivity contribution in [3.8, 4) is 0 Å². The van der Waals surface area contributed by atoms with E-state index >= 15 is 0 Å². The number of piperidine rings is 1. The molecule has 0 aliphatic carbocycles. The van der Waals surface area contributed by atoms with E-state index in [0.29, 0.717) is 19.0 Å².